The van der Waals surface area contributed by atoms with Gasteiger partial charge in [0.2, 0.25) is 0 Å². The number of methoxy groups -OCH3 is 1. The van der Waals surface area contributed by atoms with E-state index in [1.165, 1.54) is 0 Å². The van der Waals surface area contributed by atoms with Gasteiger partial charge in [-0.05, 0) is 12.5 Å². The zero-order valence-electron chi connectivity index (χ0n) is 10.6. The van der Waals surface area contributed by atoms with Crippen molar-refractivity contribution in [3.8, 4) is 0 Å². The van der Waals surface area contributed by atoms with E-state index in [2.05, 4.69) is 12.1 Å². The van der Waals surface area contributed by atoms with Gasteiger partial charge in [0.1, 0.15) is 18.3 Å². The molecule has 5 atom stereocenters. The molecule has 98 valence electrons. The Hall–Kier alpha value is -0.940. The van der Waals surface area contributed by atoms with E-state index in [-0.39, 0.29) is 30.7 Å². The van der Waals surface area contributed by atoms with Crippen LogP contribution in [0.3, 0.4) is 0 Å². The van der Waals surface area contributed by atoms with Gasteiger partial charge in [-0.15, -0.1) is 0 Å². The Morgan fingerprint density at radius 2 is 1.89 bits per heavy atom. The number of hydrogen-bond acceptors (Lipinski definition) is 4. The second kappa shape index (κ2) is 4.97. The molecule has 0 spiro atoms. The van der Waals surface area contributed by atoms with Crippen LogP contribution in [0.2, 0.25) is 0 Å². The SMILES string of the molecule is CO[C@@H]1O[C@@H](C)[C@@H](OCc2ccccc2)[C@@H]2O[C@H]12. The lowest BCUT2D eigenvalue weighted by Crippen LogP contribution is -2.45. The Labute approximate surface area is 107 Å². The third-order valence-electron chi connectivity index (χ3n) is 3.48. The summed E-state index contributed by atoms with van der Waals surface area (Å²) in [6.07, 6.45) is -0.125. The summed E-state index contributed by atoms with van der Waals surface area (Å²) >= 11 is 0. The molecule has 2 aliphatic rings. The van der Waals surface area contributed by atoms with Crippen LogP contribution >= 0.6 is 0 Å². The first-order chi connectivity index (χ1) is 8.79. The largest absolute Gasteiger partial charge is 0.368 e. The van der Waals surface area contributed by atoms with Gasteiger partial charge in [0.05, 0.1) is 12.7 Å². The number of epoxide rings is 1. The number of hydrogen-bond donors (Lipinski definition) is 0. The van der Waals surface area contributed by atoms with Crippen LogP contribution < -0.4 is 0 Å². The highest BCUT2D eigenvalue weighted by Crippen LogP contribution is 2.39. The fraction of sp³-hybridized carbons (Fsp3) is 0.571. The van der Waals surface area contributed by atoms with Crippen molar-refractivity contribution in [1.82, 2.24) is 0 Å². The minimum absolute atomic E-state index is 0.0117. The Kier molecular flexibility index (Phi) is 3.35. The molecular formula is C14H18O4. The second-order valence-corrected chi connectivity index (χ2v) is 4.77. The van der Waals surface area contributed by atoms with Gasteiger partial charge in [-0.3, -0.25) is 0 Å². The van der Waals surface area contributed by atoms with Gasteiger partial charge < -0.3 is 18.9 Å². The van der Waals surface area contributed by atoms with E-state index in [0.29, 0.717) is 6.61 Å². The van der Waals surface area contributed by atoms with Crippen LogP contribution in [-0.2, 0) is 25.6 Å². The van der Waals surface area contributed by atoms with Gasteiger partial charge in [0.15, 0.2) is 6.29 Å². The third kappa shape index (κ3) is 2.29. The molecule has 3 rings (SSSR count). The maximum Gasteiger partial charge on any atom is 0.186 e. The van der Waals surface area contributed by atoms with Crippen molar-refractivity contribution in [2.24, 2.45) is 0 Å². The summed E-state index contributed by atoms with van der Waals surface area (Å²) in [4.78, 5) is 0. The van der Waals surface area contributed by atoms with Crippen molar-refractivity contribution in [2.45, 2.75) is 44.2 Å². The number of rotatable bonds is 4. The van der Waals surface area contributed by atoms with Crippen molar-refractivity contribution in [3.63, 3.8) is 0 Å². The van der Waals surface area contributed by atoms with E-state index in [4.69, 9.17) is 18.9 Å². The molecule has 0 saturated carbocycles. The molecule has 0 N–H and O–H groups in total. The zero-order valence-corrected chi connectivity index (χ0v) is 10.6. The molecule has 0 amide bonds. The summed E-state index contributed by atoms with van der Waals surface area (Å²) in [5, 5.41) is 0. The van der Waals surface area contributed by atoms with Crippen molar-refractivity contribution in [1.29, 1.82) is 0 Å². The summed E-state index contributed by atoms with van der Waals surface area (Å²) in [5.74, 6) is 0. The molecule has 2 saturated heterocycles. The van der Waals surface area contributed by atoms with Crippen molar-refractivity contribution >= 4 is 0 Å². The Morgan fingerprint density at radius 3 is 2.61 bits per heavy atom. The number of ether oxygens (including phenoxy) is 4. The first kappa shape index (κ1) is 12.1. The molecule has 2 heterocycles. The molecule has 0 aliphatic carbocycles. The smallest absolute Gasteiger partial charge is 0.186 e. The summed E-state index contributed by atoms with van der Waals surface area (Å²) in [5.41, 5.74) is 1.16. The molecule has 2 aliphatic heterocycles. The summed E-state index contributed by atoms with van der Waals surface area (Å²) in [6.45, 7) is 2.59. The molecule has 2 fully saturated rings. The molecule has 1 aromatic carbocycles. The van der Waals surface area contributed by atoms with Crippen molar-refractivity contribution in [3.05, 3.63) is 35.9 Å². The molecule has 4 heteroatoms. The van der Waals surface area contributed by atoms with Crippen molar-refractivity contribution < 1.29 is 18.9 Å². The summed E-state index contributed by atoms with van der Waals surface area (Å²) in [7, 11) is 1.64. The first-order valence-electron chi connectivity index (χ1n) is 6.29. The highest BCUT2D eigenvalue weighted by Gasteiger charge is 2.57. The highest BCUT2D eigenvalue weighted by atomic mass is 16.7. The zero-order chi connectivity index (χ0) is 12.5. The minimum atomic E-state index is -0.249. The van der Waals surface area contributed by atoms with Gasteiger partial charge >= 0.3 is 0 Å². The van der Waals surface area contributed by atoms with Gasteiger partial charge in [0.25, 0.3) is 0 Å². The van der Waals surface area contributed by atoms with Crippen LogP contribution in [0.5, 0.6) is 0 Å². The Bertz CT molecular complexity index is 392. The molecule has 0 aromatic heterocycles. The summed E-state index contributed by atoms with van der Waals surface area (Å²) < 4.78 is 22.4. The van der Waals surface area contributed by atoms with Crippen molar-refractivity contribution in [2.75, 3.05) is 7.11 Å². The van der Waals surface area contributed by atoms with Gasteiger partial charge in [-0.1, -0.05) is 30.3 Å². The lowest BCUT2D eigenvalue weighted by atomic mass is 10.1. The van der Waals surface area contributed by atoms with Gasteiger partial charge in [-0.2, -0.15) is 0 Å². The molecule has 0 radical (unpaired) electrons. The topological polar surface area (TPSA) is 40.2 Å². The monoisotopic (exact) mass is 250 g/mol. The number of fused-ring (bicyclic) bond motifs is 1. The van der Waals surface area contributed by atoms with Gasteiger partial charge in [-0.25, -0.2) is 0 Å². The predicted octanol–water partition coefficient (Wildman–Crippen LogP) is 1.73. The molecular weight excluding hydrogens is 232 g/mol. The summed E-state index contributed by atoms with van der Waals surface area (Å²) in [6, 6.07) is 10.1. The van der Waals surface area contributed by atoms with Crippen LogP contribution in [0.4, 0.5) is 0 Å². The molecule has 4 nitrogen and oxygen atoms in total. The quantitative estimate of drug-likeness (QED) is 0.763. The third-order valence-corrected chi connectivity index (χ3v) is 3.48. The first-order valence-corrected chi connectivity index (χ1v) is 6.29. The van der Waals surface area contributed by atoms with E-state index in [1.54, 1.807) is 7.11 Å². The van der Waals surface area contributed by atoms with Crippen LogP contribution in [0.25, 0.3) is 0 Å². The number of benzene rings is 1. The van der Waals surface area contributed by atoms with E-state index in [9.17, 15) is 0 Å². The fourth-order valence-corrected chi connectivity index (χ4v) is 2.44. The molecule has 0 bridgehead atoms. The Morgan fingerprint density at radius 1 is 1.11 bits per heavy atom. The average molecular weight is 250 g/mol. The molecule has 1 aromatic rings. The van der Waals surface area contributed by atoms with Crippen LogP contribution in [-0.4, -0.2) is 37.8 Å². The minimum Gasteiger partial charge on any atom is -0.368 e. The standard InChI is InChI=1S/C14H18O4/c1-9-11(12-13(18-12)14(15-2)17-9)16-8-10-6-4-3-5-7-10/h3-7,9,11-14H,8H2,1-2H3/t9-,11+,12-,13-,14+/m0/s1. The molecule has 0 unspecified atom stereocenters. The fourth-order valence-electron chi connectivity index (χ4n) is 2.44. The second-order valence-electron chi connectivity index (χ2n) is 4.77. The van der Waals surface area contributed by atoms with Crippen LogP contribution in [0.1, 0.15) is 12.5 Å². The van der Waals surface area contributed by atoms with E-state index in [1.807, 2.05) is 25.1 Å². The van der Waals surface area contributed by atoms with E-state index >= 15 is 0 Å². The normalized spacial score (nSPS) is 38.2. The van der Waals surface area contributed by atoms with E-state index in [0.717, 1.165) is 5.56 Å². The lowest BCUT2D eigenvalue weighted by molar-refractivity contribution is -0.203. The van der Waals surface area contributed by atoms with Crippen LogP contribution in [0.15, 0.2) is 30.3 Å². The molecule has 18 heavy (non-hydrogen) atoms. The maximum atomic E-state index is 5.92. The predicted molar refractivity (Wildman–Crippen MR) is 65.0 cm³/mol. The highest BCUT2D eigenvalue weighted by molar-refractivity contribution is 5.13. The maximum absolute atomic E-state index is 5.92. The van der Waals surface area contributed by atoms with Crippen LogP contribution in [0, 0.1) is 0 Å². The lowest BCUT2D eigenvalue weighted by Gasteiger charge is -2.30. The Balaban J connectivity index is 1.58. The van der Waals surface area contributed by atoms with Gasteiger partial charge in [0, 0.05) is 7.11 Å². The van der Waals surface area contributed by atoms with E-state index < -0.39 is 0 Å². The average Bonchev–Trinajstić information content (AvgIpc) is 3.18.